The molecule has 0 bridgehead atoms. The van der Waals surface area contributed by atoms with Crippen molar-refractivity contribution >= 4 is 21.9 Å². The number of amides is 1. The first-order valence-corrected chi connectivity index (χ1v) is 8.39. The number of nitrogens with one attached hydrogen (secondary N) is 2. The SMILES string of the molecule is CCCC(CNC(=O)C(C)NS(=O)(=O)CCC)C(=O)O. The van der Waals surface area contributed by atoms with Crippen LogP contribution in [0, 0.1) is 5.92 Å². The number of carbonyl (C=O) groups is 2. The van der Waals surface area contributed by atoms with Crippen molar-refractivity contribution in [2.45, 2.75) is 46.1 Å². The Balaban J connectivity index is 4.36. The average molecular weight is 308 g/mol. The van der Waals surface area contributed by atoms with Crippen molar-refractivity contribution in [2.75, 3.05) is 12.3 Å². The number of aliphatic carboxylic acids is 1. The standard InChI is InChI=1S/C12H24N2O5S/c1-4-6-10(12(16)17)8-13-11(15)9(3)14-20(18,19)7-5-2/h9-10,14H,4-8H2,1-3H3,(H,13,15)(H,16,17). The van der Waals surface area contributed by atoms with Gasteiger partial charge in [0.05, 0.1) is 17.7 Å². The minimum Gasteiger partial charge on any atom is -0.481 e. The zero-order chi connectivity index (χ0) is 15.8. The lowest BCUT2D eigenvalue weighted by Crippen LogP contribution is -2.47. The molecule has 0 aliphatic rings. The second-order valence-electron chi connectivity index (χ2n) is 4.73. The van der Waals surface area contributed by atoms with E-state index in [1.54, 1.807) is 6.92 Å². The topological polar surface area (TPSA) is 113 Å². The van der Waals surface area contributed by atoms with Gasteiger partial charge in [0.25, 0.3) is 0 Å². The number of rotatable bonds is 10. The van der Waals surface area contributed by atoms with Crippen LogP contribution in [0.3, 0.4) is 0 Å². The van der Waals surface area contributed by atoms with Crippen LogP contribution in [0.4, 0.5) is 0 Å². The van der Waals surface area contributed by atoms with Crippen LogP contribution in [0.25, 0.3) is 0 Å². The second-order valence-corrected chi connectivity index (χ2v) is 6.60. The van der Waals surface area contributed by atoms with E-state index < -0.39 is 33.9 Å². The van der Waals surface area contributed by atoms with Gasteiger partial charge in [0.2, 0.25) is 15.9 Å². The summed E-state index contributed by atoms with van der Waals surface area (Å²) in [5, 5.41) is 11.4. The third-order valence-electron chi connectivity index (χ3n) is 2.73. The Kier molecular flexibility index (Phi) is 8.40. The van der Waals surface area contributed by atoms with E-state index >= 15 is 0 Å². The summed E-state index contributed by atoms with van der Waals surface area (Å²) in [4.78, 5) is 22.6. The van der Waals surface area contributed by atoms with Gasteiger partial charge in [0, 0.05) is 6.54 Å². The molecule has 7 nitrogen and oxygen atoms in total. The molecule has 0 heterocycles. The lowest BCUT2D eigenvalue weighted by molar-refractivity contribution is -0.142. The van der Waals surface area contributed by atoms with Gasteiger partial charge in [0.1, 0.15) is 0 Å². The maximum absolute atomic E-state index is 11.7. The lowest BCUT2D eigenvalue weighted by Gasteiger charge is -2.16. The second kappa shape index (κ2) is 8.91. The highest BCUT2D eigenvalue weighted by atomic mass is 32.2. The Morgan fingerprint density at radius 3 is 2.25 bits per heavy atom. The van der Waals surface area contributed by atoms with Crippen LogP contribution in [0.15, 0.2) is 0 Å². The van der Waals surface area contributed by atoms with Crippen molar-refractivity contribution in [1.82, 2.24) is 10.0 Å². The Bertz CT molecular complexity index is 422. The molecule has 118 valence electrons. The molecule has 0 saturated heterocycles. The van der Waals surface area contributed by atoms with Crippen molar-refractivity contribution < 1.29 is 23.1 Å². The van der Waals surface area contributed by atoms with E-state index in [4.69, 9.17) is 5.11 Å². The van der Waals surface area contributed by atoms with Gasteiger partial charge < -0.3 is 10.4 Å². The molecule has 0 spiro atoms. The zero-order valence-electron chi connectivity index (χ0n) is 12.2. The fraction of sp³-hybridized carbons (Fsp3) is 0.833. The molecule has 3 N–H and O–H groups in total. The highest BCUT2D eigenvalue weighted by molar-refractivity contribution is 7.89. The molecule has 0 aliphatic heterocycles. The fourth-order valence-electron chi connectivity index (χ4n) is 1.69. The monoisotopic (exact) mass is 308 g/mol. The van der Waals surface area contributed by atoms with Crippen LogP contribution in [-0.4, -0.2) is 43.7 Å². The number of sulfonamides is 1. The van der Waals surface area contributed by atoms with Crippen LogP contribution < -0.4 is 10.0 Å². The molecule has 8 heteroatoms. The van der Waals surface area contributed by atoms with E-state index in [9.17, 15) is 18.0 Å². The van der Waals surface area contributed by atoms with Gasteiger partial charge in [-0.15, -0.1) is 0 Å². The van der Waals surface area contributed by atoms with Crippen molar-refractivity contribution in [3.8, 4) is 0 Å². The Morgan fingerprint density at radius 2 is 1.80 bits per heavy atom. The Labute approximate surface area is 120 Å². The van der Waals surface area contributed by atoms with Gasteiger partial charge in [-0.05, 0) is 19.8 Å². The number of hydrogen-bond donors (Lipinski definition) is 3. The minimum absolute atomic E-state index is 0.00184. The Hall–Kier alpha value is -1.15. The molecule has 0 fully saturated rings. The van der Waals surface area contributed by atoms with Crippen LogP contribution >= 0.6 is 0 Å². The van der Waals surface area contributed by atoms with Gasteiger partial charge in [-0.3, -0.25) is 9.59 Å². The van der Waals surface area contributed by atoms with E-state index in [1.165, 1.54) is 6.92 Å². The van der Waals surface area contributed by atoms with Gasteiger partial charge in [0.15, 0.2) is 0 Å². The quantitative estimate of drug-likeness (QED) is 0.538. The lowest BCUT2D eigenvalue weighted by atomic mass is 10.0. The molecule has 2 atom stereocenters. The predicted octanol–water partition coefficient (Wildman–Crippen LogP) is 0.321. The van der Waals surface area contributed by atoms with Crippen LogP contribution in [-0.2, 0) is 19.6 Å². The fourth-order valence-corrected chi connectivity index (χ4v) is 2.99. The molecule has 1 amide bonds. The van der Waals surface area contributed by atoms with E-state index in [0.29, 0.717) is 19.3 Å². The number of hydrogen-bond acceptors (Lipinski definition) is 4. The average Bonchev–Trinajstić information content (AvgIpc) is 2.32. The Morgan fingerprint density at radius 1 is 1.20 bits per heavy atom. The van der Waals surface area contributed by atoms with Crippen molar-refractivity contribution in [3.05, 3.63) is 0 Å². The molecule has 20 heavy (non-hydrogen) atoms. The maximum atomic E-state index is 11.7. The van der Waals surface area contributed by atoms with E-state index in [-0.39, 0.29) is 12.3 Å². The zero-order valence-corrected chi connectivity index (χ0v) is 13.0. The third kappa shape index (κ3) is 7.44. The van der Waals surface area contributed by atoms with Gasteiger partial charge in [-0.2, -0.15) is 0 Å². The summed E-state index contributed by atoms with van der Waals surface area (Å²) >= 11 is 0. The number of carboxylic acids is 1. The highest BCUT2D eigenvalue weighted by Gasteiger charge is 2.22. The molecule has 0 saturated carbocycles. The van der Waals surface area contributed by atoms with Gasteiger partial charge in [-0.1, -0.05) is 20.3 Å². The predicted molar refractivity (Wildman–Crippen MR) is 75.7 cm³/mol. The summed E-state index contributed by atoms with van der Waals surface area (Å²) in [5.41, 5.74) is 0. The van der Waals surface area contributed by atoms with E-state index in [0.717, 1.165) is 0 Å². The largest absolute Gasteiger partial charge is 0.481 e. The molecule has 0 aromatic heterocycles. The summed E-state index contributed by atoms with van der Waals surface area (Å²) in [7, 11) is -3.47. The summed E-state index contributed by atoms with van der Waals surface area (Å²) in [6.45, 7) is 5.02. The van der Waals surface area contributed by atoms with Crippen molar-refractivity contribution in [2.24, 2.45) is 5.92 Å². The molecular weight excluding hydrogens is 284 g/mol. The van der Waals surface area contributed by atoms with Gasteiger partial charge >= 0.3 is 5.97 Å². The number of carbonyl (C=O) groups excluding carboxylic acids is 1. The maximum Gasteiger partial charge on any atom is 0.308 e. The molecule has 0 rings (SSSR count). The van der Waals surface area contributed by atoms with E-state index in [1.807, 2.05) is 6.92 Å². The van der Waals surface area contributed by atoms with Gasteiger partial charge in [-0.25, -0.2) is 13.1 Å². The molecule has 0 aromatic carbocycles. The normalized spacial score (nSPS) is 14.6. The molecule has 0 aliphatic carbocycles. The summed E-state index contributed by atoms with van der Waals surface area (Å²) in [6.07, 6.45) is 1.62. The van der Waals surface area contributed by atoms with Crippen molar-refractivity contribution in [1.29, 1.82) is 0 Å². The smallest absolute Gasteiger partial charge is 0.308 e. The van der Waals surface area contributed by atoms with Crippen LogP contribution in [0.1, 0.15) is 40.0 Å². The van der Waals surface area contributed by atoms with Crippen molar-refractivity contribution in [3.63, 3.8) is 0 Å². The summed E-state index contributed by atoms with van der Waals surface area (Å²) in [6, 6.07) is -0.914. The molecular formula is C12H24N2O5S. The first-order chi connectivity index (χ1) is 9.23. The molecule has 0 radical (unpaired) electrons. The van der Waals surface area contributed by atoms with E-state index in [2.05, 4.69) is 10.0 Å². The first kappa shape index (κ1) is 18.9. The highest BCUT2D eigenvalue weighted by Crippen LogP contribution is 2.05. The first-order valence-electron chi connectivity index (χ1n) is 6.74. The summed E-state index contributed by atoms with van der Waals surface area (Å²) < 4.78 is 25.3. The minimum atomic E-state index is -3.47. The molecule has 2 unspecified atom stereocenters. The van der Waals surface area contributed by atoms with Crippen LogP contribution in [0.5, 0.6) is 0 Å². The van der Waals surface area contributed by atoms with Crippen LogP contribution in [0.2, 0.25) is 0 Å². The summed E-state index contributed by atoms with van der Waals surface area (Å²) in [5.74, 6) is -2.18. The number of carboxylic acid groups (broad SMARTS) is 1. The third-order valence-corrected chi connectivity index (χ3v) is 4.39. The molecule has 0 aromatic rings.